The van der Waals surface area contributed by atoms with Crippen LogP contribution < -0.4 is 4.90 Å². The molecule has 7 rings (SSSR count). The highest BCUT2D eigenvalue weighted by Gasteiger charge is 2.45. The molecule has 3 aliphatic rings. The summed E-state index contributed by atoms with van der Waals surface area (Å²) in [6, 6.07) is 26.3. The zero-order valence-electron chi connectivity index (χ0n) is 30.9. The Morgan fingerprint density at radius 1 is 0.843 bits per heavy atom. The van der Waals surface area contributed by atoms with E-state index in [-0.39, 0.29) is 17.4 Å². The summed E-state index contributed by atoms with van der Waals surface area (Å²) in [7, 11) is 0. The minimum atomic E-state index is -0.714. The van der Waals surface area contributed by atoms with Crippen molar-refractivity contribution in [3.63, 3.8) is 0 Å². The van der Waals surface area contributed by atoms with E-state index in [0.29, 0.717) is 5.76 Å². The van der Waals surface area contributed by atoms with Crippen molar-refractivity contribution in [1.82, 2.24) is 0 Å². The van der Waals surface area contributed by atoms with Gasteiger partial charge in [-0.15, -0.1) is 0 Å². The summed E-state index contributed by atoms with van der Waals surface area (Å²) >= 11 is 0. The predicted octanol–water partition coefficient (Wildman–Crippen LogP) is 11.4. The topological polar surface area (TPSA) is 41.8 Å². The molecular weight excluding hydrogens is 629 g/mol. The number of nitrogens with zero attached hydrogens (tertiary/aromatic N) is 2. The van der Waals surface area contributed by atoms with Gasteiger partial charge in [0, 0.05) is 41.1 Å². The van der Waals surface area contributed by atoms with Crippen molar-refractivity contribution >= 4 is 44.8 Å². The van der Waals surface area contributed by atoms with E-state index in [1.165, 1.54) is 55.5 Å². The molecule has 51 heavy (non-hydrogen) atoms. The van der Waals surface area contributed by atoms with E-state index < -0.39 is 6.16 Å². The second-order valence-electron chi connectivity index (χ2n) is 14.7. The predicted molar refractivity (Wildman–Crippen MR) is 211 cm³/mol. The number of benzene rings is 4. The molecule has 4 aromatic rings. The highest BCUT2D eigenvalue weighted by Crippen LogP contribution is 2.51. The van der Waals surface area contributed by atoms with Crippen LogP contribution >= 0.6 is 0 Å². The lowest BCUT2D eigenvalue weighted by atomic mass is 9.78. The minimum Gasteiger partial charge on any atom is -0.430 e. The average Bonchev–Trinajstić information content (AvgIpc) is 3.50. The van der Waals surface area contributed by atoms with Gasteiger partial charge >= 0.3 is 6.16 Å². The van der Waals surface area contributed by atoms with Gasteiger partial charge < -0.3 is 14.4 Å². The molecule has 0 saturated carbocycles. The first kappa shape index (κ1) is 34.3. The Labute approximate surface area is 302 Å². The largest absolute Gasteiger partial charge is 0.514 e. The summed E-state index contributed by atoms with van der Waals surface area (Å²) in [4.78, 5) is 15.4. The summed E-state index contributed by atoms with van der Waals surface area (Å²) < 4.78 is 13.9. The van der Waals surface area contributed by atoms with Crippen LogP contribution in [0.3, 0.4) is 0 Å². The number of likely N-dealkylation sites (N-methyl/N-ethyl adjacent to an activating group) is 1. The van der Waals surface area contributed by atoms with Crippen molar-refractivity contribution in [1.29, 1.82) is 0 Å². The number of hydrogen-bond donors (Lipinski definition) is 0. The van der Waals surface area contributed by atoms with Gasteiger partial charge in [0.1, 0.15) is 18.9 Å². The van der Waals surface area contributed by atoms with Crippen molar-refractivity contribution in [2.24, 2.45) is 0 Å². The molecule has 0 bridgehead atoms. The summed E-state index contributed by atoms with van der Waals surface area (Å²) in [5, 5.41) is 5.08. The molecule has 4 aromatic carbocycles. The third-order valence-corrected chi connectivity index (χ3v) is 11.0. The van der Waals surface area contributed by atoms with Crippen molar-refractivity contribution in [2.45, 2.75) is 71.6 Å². The first-order chi connectivity index (χ1) is 24.6. The van der Waals surface area contributed by atoms with Crippen LogP contribution in [0.25, 0.3) is 21.5 Å². The Morgan fingerprint density at radius 3 is 2.22 bits per heavy atom. The van der Waals surface area contributed by atoms with E-state index in [0.717, 1.165) is 43.5 Å². The van der Waals surface area contributed by atoms with Crippen molar-refractivity contribution in [3.8, 4) is 0 Å². The Balaban J connectivity index is 1.31. The number of anilines is 1. The summed E-state index contributed by atoms with van der Waals surface area (Å²) in [5.41, 5.74) is 9.22. The Hall–Kier alpha value is -5.16. The molecule has 0 aromatic heterocycles. The zero-order chi connectivity index (χ0) is 35.9. The number of carbonyl (C=O) groups excluding carboxylic acids is 1. The molecule has 5 nitrogen and oxygen atoms in total. The summed E-state index contributed by atoms with van der Waals surface area (Å²) in [6.45, 7) is 19.2. The van der Waals surface area contributed by atoms with Crippen LogP contribution in [0.2, 0.25) is 0 Å². The van der Waals surface area contributed by atoms with E-state index in [1.807, 2.05) is 0 Å². The molecule has 0 fully saturated rings. The lowest BCUT2D eigenvalue weighted by Gasteiger charge is -2.26. The lowest BCUT2D eigenvalue weighted by Crippen LogP contribution is -2.28. The molecule has 0 unspecified atom stereocenters. The van der Waals surface area contributed by atoms with Gasteiger partial charge in [0.05, 0.1) is 5.41 Å². The van der Waals surface area contributed by atoms with E-state index >= 15 is 0 Å². The lowest BCUT2D eigenvalue weighted by molar-refractivity contribution is -0.433. The average molecular weight is 678 g/mol. The van der Waals surface area contributed by atoms with E-state index in [1.54, 1.807) is 6.08 Å². The Kier molecular flexibility index (Phi) is 9.09. The maximum Gasteiger partial charge on any atom is 0.514 e. The summed E-state index contributed by atoms with van der Waals surface area (Å²) in [5.74, 6) is 0.590. The van der Waals surface area contributed by atoms with Gasteiger partial charge in [0.15, 0.2) is 5.71 Å². The molecule has 1 aliphatic carbocycles. The number of ether oxygens (including phenoxy) is 2. The molecule has 0 radical (unpaired) electrons. The maximum atomic E-state index is 13.0. The first-order valence-corrected chi connectivity index (χ1v) is 18.4. The smallest absolute Gasteiger partial charge is 0.430 e. The SMILES string of the molecule is C=CCOC(=O)OC1=C(/C=C/C2=[N+](CC)c3ccc4ccccc4c3C2(C)C)CCC/C1=C\C=C1\N(CC)c2ccc3ccccc3c2C1(C)C. The molecule has 2 aliphatic heterocycles. The molecule has 0 atom stereocenters. The van der Waals surface area contributed by atoms with Crippen LogP contribution in [0.1, 0.15) is 71.9 Å². The molecule has 0 spiro atoms. The second-order valence-corrected chi connectivity index (χ2v) is 14.7. The molecule has 0 saturated heterocycles. The maximum absolute atomic E-state index is 13.0. The highest BCUT2D eigenvalue weighted by atomic mass is 16.7. The van der Waals surface area contributed by atoms with Crippen LogP contribution in [0.4, 0.5) is 16.2 Å². The summed E-state index contributed by atoms with van der Waals surface area (Å²) in [6.07, 6.45) is 12.2. The fourth-order valence-corrected chi connectivity index (χ4v) is 8.70. The third-order valence-electron chi connectivity index (χ3n) is 11.0. The molecule has 260 valence electrons. The van der Waals surface area contributed by atoms with E-state index in [2.05, 4.69) is 155 Å². The number of allylic oxidation sites excluding steroid dienone is 7. The van der Waals surface area contributed by atoms with Gasteiger partial charge in [-0.3, -0.25) is 0 Å². The molecule has 5 heteroatoms. The van der Waals surface area contributed by atoms with Gasteiger partial charge in [0.2, 0.25) is 5.69 Å². The number of hydrogen-bond acceptors (Lipinski definition) is 4. The Morgan fingerprint density at radius 2 is 1.53 bits per heavy atom. The molecule has 2 heterocycles. The van der Waals surface area contributed by atoms with Crippen molar-refractivity contribution < 1.29 is 18.8 Å². The fourth-order valence-electron chi connectivity index (χ4n) is 8.70. The van der Waals surface area contributed by atoms with E-state index in [4.69, 9.17) is 9.47 Å². The van der Waals surface area contributed by atoms with Crippen LogP contribution in [0.15, 0.2) is 132 Å². The molecule has 0 amide bonds. The van der Waals surface area contributed by atoms with Gasteiger partial charge in [-0.2, -0.15) is 4.58 Å². The Bertz CT molecular complexity index is 2230. The zero-order valence-corrected chi connectivity index (χ0v) is 30.9. The monoisotopic (exact) mass is 677 g/mol. The van der Waals surface area contributed by atoms with Crippen LogP contribution in [0, 0.1) is 0 Å². The number of rotatable bonds is 8. The van der Waals surface area contributed by atoms with Crippen LogP contribution in [-0.2, 0) is 20.3 Å². The second kappa shape index (κ2) is 13.5. The van der Waals surface area contributed by atoms with Gasteiger partial charge in [-0.05, 0) is 109 Å². The minimum absolute atomic E-state index is 0.0933. The van der Waals surface area contributed by atoms with Crippen LogP contribution in [0.5, 0.6) is 0 Å². The molecule has 0 N–H and O–H groups in total. The standard InChI is InChI=1S/C46H49N2O3/c1-8-30-50-44(49)51-43-33(24-28-39-45(4,5)41-35-20-13-11-16-31(35)22-26-37(41)47(39)9-2)18-15-19-34(43)25-29-40-46(6,7)42-36-21-14-12-17-32(36)23-27-38(42)48(40)10-3/h8,11-14,16-17,20-29H,1,9-10,15,18-19,30H2,2-7H3/q+1. The number of carbonyl (C=O) groups is 1. The van der Waals surface area contributed by atoms with Gasteiger partial charge in [-0.1, -0.05) is 87.2 Å². The quantitative estimate of drug-likeness (QED) is 0.106. The van der Waals surface area contributed by atoms with E-state index in [9.17, 15) is 4.79 Å². The highest BCUT2D eigenvalue weighted by molar-refractivity contribution is 6.07. The van der Waals surface area contributed by atoms with Crippen molar-refractivity contribution in [2.75, 3.05) is 24.6 Å². The van der Waals surface area contributed by atoms with Crippen molar-refractivity contribution in [3.05, 3.63) is 143 Å². The number of fused-ring (bicyclic) bond motifs is 6. The third kappa shape index (κ3) is 5.83. The normalized spacial score (nSPS) is 19.5. The first-order valence-electron chi connectivity index (χ1n) is 18.4. The van der Waals surface area contributed by atoms with Gasteiger partial charge in [0.25, 0.3) is 0 Å². The van der Waals surface area contributed by atoms with Gasteiger partial charge in [-0.25, -0.2) is 4.79 Å². The fraction of sp³-hybridized carbons (Fsp3) is 0.304. The molecular formula is C46H49N2O3+. The van der Waals surface area contributed by atoms with Crippen LogP contribution in [-0.4, -0.2) is 36.1 Å².